The molecule has 0 aliphatic carbocycles. The Bertz CT molecular complexity index is 305. The molecule has 0 bridgehead atoms. The molecule has 0 fully saturated rings. The van der Waals surface area contributed by atoms with Gasteiger partial charge in [0.05, 0.1) is 10.7 Å². The van der Waals surface area contributed by atoms with E-state index in [0.717, 1.165) is 17.3 Å². The van der Waals surface area contributed by atoms with Crippen molar-refractivity contribution in [1.29, 1.82) is 0 Å². The smallest absolute Gasteiger partial charge is 0.0637 e. The zero-order valence-electron chi connectivity index (χ0n) is 7.97. The Kier molecular flexibility index (Phi) is 3.84. The molecule has 0 aliphatic heterocycles. The molecule has 1 nitrogen and oxygen atoms in total. The van der Waals surface area contributed by atoms with Gasteiger partial charge in [0.15, 0.2) is 0 Å². The van der Waals surface area contributed by atoms with Crippen LogP contribution < -0.4 is 5.32 Å². The monoisotopic (exact) mass is 195 g/mol. The third kappa shape index (κ3) is 3.11. The summed E-state index contributed by atoms with van der Waals surface area (Å²) in [6.45, 7) is 4.87. The molecule has 0 spiro atoms. The summed E-state index contributed by atoms with van der Waals surface area (Å²) in [6.07, 6.45) is 4.06. The molecule has 0 amide bonds. The molecule has 0 atom stereocenters. The number of hydrogen-bond acceptors (Lipinski definition) is 1. The summed E-state index contributed by atoms with van der Waals surface area (Å²) in [5.41, 5.74) is 2.21. The maximum Gasteiger partial charge on any atom is 0.0637 e. The first-order valence-electron chi connectivity index (χ1n) is 4.35. The Balaban J connectivity index is 2.69. The van der Waals surface area contributed by atoms with E-state index in [1.54, 1.807) is 0 Å². The van der Waals surface area contributed by atoms with Crippen molar-refractivity contribution >= 4 is 17.3 Å². The van der Waals surface area contributed by atoms with Crippen LogP contribution in [-0.2, 0) is 0 Å². The van der Waals surface area contributed by atoms with Crippen molar-refractivity contribution in [3.63, 3.8) is 0 Å². The first kappa shape index (κ1) is 10.1. The van der Waals surface area contributed by atoms with Gasteiger partial charge in [-0.05, 0) is 31.5 Å². The minimum Gasteiger partial charge on any atom is -0.380 e. The van der Waals surface area contributed by atoms with E-state index < -0.39 is 0 Å². The van der Waals surface area contributed by atoms with Crippen molar-refractivity contribution in [2.45, 2.75) is 13.8 Å². The van der Waals surface area contributed by atoms with Crippen LogP contribution in [-0.4, -0.2) is 6.54 Å². The standard InChI is InChI=1S/C11H14ClN/c1-3-4-7-13-11-8-9(2)5-6-10(11)12/h3-6,8,13H,7H2,1-2H3/b4-3+. The molecule has 0 heterocycles. The van der Waals surface area contributed by atoms with Crippen molar-refractivity contribution in [2.24, 2.45) is 0 Å². The lowest BCUT2D eigenvalue weighted by molar-refractivity contribution is 1.31. The Morgan fingerprint density at radius 2 is 2.23 bits per heavy atom. The third-order valence-electron chi connectivity index (χ3n) is 1.77. The topological polar surface area (TPSA) is 12.0 Å². The van der Waals surface area contributed by atoms with Crippen LogP contribution >= 0.6 is 11.6 Å². The van der Waals surface area contributed by atoms with E-state index in [2.05, 4.69) is 18.3 Å². The van der Waals surface area contributed by atoms with Crippen molar-refractivity contribution in [2.75, 3.05) is 11.9 Å². The van der Waals surface area contributed by atoms with Crippen LogP contribution in [0.2, 0.25) is 5.02 Å². The molecule has 1 N–H and O–H groups in total. The van der Waals surface area contributed by atoms with E-state index in [1.807, 2.05) is 31.2 Å². The van der Waals surface area contributed by atoms with Gasteiger partial charge in [0.25, 0.3) is 0 Å². The second-order valence-electron chi connectivity index (χ2n) is 2.93. The maximum atomic E-state index is 5.99. The summed E-state index contributed by atoms with van der Waals surface area (Å²) in [4.78, 5) is 0. The van der Waals surface area contributed by atoms with Crippen LogP contribution in [0, 0.1) is 6.92 Å². The van der Waals surface area contributed by atoms with E-state index in [-0.39, 0.29) is 0 Å². The van der Waals surface area contributed by atoms with Gasteiger partial charge in [-0.25, -0.2) is 0 Å². The molecule has 1 rings (SSSR count). The van der Waals surface area contributed by atoms with Gasteiger partial charge >= 0.3 is 0 Å². The summed E-state index contributed by atoms with van der Waals surface area (Å²) >= 11 is 5.99. The minimum atomic E-state index is 0.773. The number of rotatable bonds is 3. The van der Waals surface area contributed by atoms with E-state index in [9.17, 15) is 0 Å². The van der Waals surface area contributed by atoms with E-state index in [0.29, 0.717) is 0 Å². The Morgan fingerprint density at radius 1 is 1.46 bits per heavy atom. The van der Waals surface area contributed by atoms with E-state index in [1.165, 1.54) is 5.56 Å². The second kappa shape index (κ2) is 4.93. The normalized spacial score (nSPS) is 10.7. The van der Waals surface area contributed by atoms with Crippen LogP contribution in [0.1, 0.15) is 12.5 Å². The average molecular weight is 196 g/mol. The van der Waals surface area contributed by atoms with E-state index in [4.69, 9.17) is 11.6 Å². The summed E-state index contributed by atoms with van der Waals surface area (Å²) in [5, 5.41) is 4.01. The molecule has 0 unspecified atom stereocenters. The molecule has 13 heavy (non-hydrogen) atoms. The molecule has 0 saturated carbocycles. The second-order valence-corrected chi connectivity index (χ2v) is 3.34. The lowest BCUT2D eigenvalue weighted by Crippen LogP contribution is -1.98. The third-order valence-corrected chi connectivity index (χ3v) is 2.10. The fraction of sp³-hybridized carbons (Fsp3) is 0.273. The fourth-order valence-corrected chi connectivity index (χ4v) is 1.25. The van der Waals surface area contributed by atoms with Crippen LogP contribution in [0.3, 0.4) is 0 Å². The highest BCUT2D eigenvalue weighted by Gasteiger charge is 1.97. The lowest BCUT2D eigenvalue weighted by atomic mass is 10.2. The van der Waals surface area contributed by atoms with E-state index >= 15 is 0 Å². The predicted octanol–water partition coefficient (Wildman–Crippen LogP) is 3.64. The largest absolute Gasteiger partial charge is 0.380 e. The summed E-state index contributed by atoms with van der Waals surface area (Å²) in [5.74, 6) is 0. The summed E-state index contributed by atoms with van der Waals surface area (Å²) in [6, 6.07) is 5.96. The van der Waals surface area contributed by atoms with Gasteiger partial charge in [-0.3, -0.25) is 0 Å². The van der Waals surface area contributed by atoms with Crippen LogP contribution in [0.25, 0.3) is 0 Å². The highest BCUT2D eigenvalue weighted by Crippen LogP contribution is 2.22. The molecule has 70 valence electrons. The minimum absolute atomic E-state index is 0.773. The molecule has 0 aliphatic rings. The first-order chi connectivity index (χ1) is 6.24. The Hall–Kier alpha value is -0.950. The molecule has 0 radical (unpaired) electrons. The number of nitrogens with one attached hydrogen (secondary N) is 1. The molecule has 0 saturated heterocycles. The summed E-state index contributed by atoms with van der Waals surface area (Å²) < 4.78 is 0. The molecule has 1 aromatic carbocycles. The van der Waals surface area contributed by atoms with Crippen LogP contribution in [0.5, 0.6) is 0 Å². The van der Waals surface area contributed by atoms with Crippen molar-refractivity contribution < 1.29 is 0 Å². The number of hydrogen-bond donors (Lipinski definition) is 1. The van der Waals surface area contributed by atoms with Gasteiger partial charge in [0.1, 0.15) is 0 Å². The van der Waals surface area contributed by atoms with Gasteiger partial charge in [-0.1, -0.05) is 29.8 Å². The van der Waals surface area contributed by atoms with Gasteiger partial charge < -0.3 is 5.32 Å². The first-order valence-corrected chi connectivity index (χ1v) is 4.73. The van der Waals surface area contributed by atoms with Gasteiger partial charge in [0.2, 0.25) is 0 Å². The van der Waals surface area contributed by atoms with Gasteiger partial charge in [-0.2, -0.15) is 0 Å². The zero-order valence-corrected chi connectivity index (χ0v) is 8.73. The van der Waals surface area contributed by atoms with Crippen molar-refractivity contribution in [3.8, 4) is 0 Å². The zero-order chi connectivity index (χ0) is 9.68. The van der Waals surface area contributed by atoms with Gasteiger partial charge in [0, 0.05) is 6.54 Å². The molecule has 1 aromatic rings. The average Bonchev–Trinajstić information content (AvgIpc) is 2.11. The van der Waals surface area contributed by atoms with Crippen molar-refractivity contribution in [1.82, 2.24) is 0 Å². The molecular formula is C11H14ClN. The number of halogens is 1. The number of aryl methyl sites for hydroxylation is 1. The highest BCUT2D eigenvalue weighted by atomic mass is 35.5. The Labute approximate surface area is 84.4 Å². The van der Waals surface area contributed by atoms with Crippen molar-refractivity contribution in [3.05, 3.63) is 40.9 Å². The number of benzene rings is 1. The predicted molar refractivity (Wildman–Crippen MR) is 59.5 cm³/mol. The number of allylic oxidation sites excluding steroid dienone is 1. The quantitative estimate of drug-likeness (QED) is 0.727. The maximum absolute atomic E-state index is 5.99. The molecular weight excluding hydrogens is 182 g/mol. The van der Waals surface area contributed by atoms with Crippen LogP contribution in [0.4, 0.5) is 5.69 Å². The lowest BCUT2D eigenvalue weighted by Gasteiger charge is -2.06. The van der Waals surface area contributed by atoms with Crippen LogP contribution in [0.15, 0.2) is 30.4 Å². The summed E-state index contributed by atoms with van der Waals surface area (Å²) in [7, 11) is 0. The van der Waals surface area contributed by atoms with Gasteiger partial charge in [-0.15, -0.1) is 0 Å². The molecule has 0 aromatic heterocycles. The highest BCUT2D eigenvalue weighted by molar-refractivity contribution is 6.33. The Morgan fingerprint density at radius 3 is 2.92 bits per heavy atom. The SMILES string of the molecule is C/C=C/CNc1cc(C)ccc1Cl. The molecule has 2 heteroatoms. The number of anilines is 1. The fourth-order valence-electron chi connectivity index (χ4n) is 1.06.